The van der Waals surface area contributed by atoms with Gasteiger partial charge in [0, 0.05) is 35.0 Å². The number of nitrogens with zero attached hydrogens (tertiary/aromatic N) is 2. The molecule has 32 heavy (non-hydrogen) atoms. The Bertz CT molecular complexity index is 1060. The summed E-state index contributed by atoms with van der Waals surface area (Å²) in [4.78, 5) is 15.0. The highest BCUT2D eigenvalue weighted by molar-refractivity contribution is 9.10. The number of carbonyl (C=O) groups is 1. The van der Waals surface area contributed by atoms with E-state index in [1.54, 1.807) is 4.90 Å². The minimum absolute atomic E-state index is 0.0116. The van der Waals surface area contributed by atoms with E-state index in [4.69, 9.17) is 0 Å². The largest absolute Gasteiger partial charge is 0.345 e. The highest BCUT2D eigenvalue weighted by Gasteiger charge is 2.27. The van der Waals surface area contributed by atoms with Gasteiger partial charge in [0.1, 0.15) is 11.6 Å². The molecule has 1 aliphatic rings. The lowest BCUT2D eigenvalue weighted by atomic mass is 9.94. The van der Waals surface area contributed by atoms with Crippen LogP contribution in [0.15, 0.2) is 65.3 Å². The van der Waals surface area contributed by atoms with Crippen LogP contribution in [0.2, 0.25) is 0 Å². The zero-order valence-electron chi connectivity index (χ0n) is 17.7. The summed E-state index contributed by atoms with van der Waals surface area (Å²) in [5.74, 6) is -1.45. The van der Waals surface area contributed by atoms with E-state index in [0.29, 0.717) is 13.1 Å². The van der Waals surface area contributed by atoms with Crippen molar-refractivity contribution >= 4 is 27.6 Å². The molecule has 1 N–H and O–H groups in total. The number of halogens is 3. The number of carbonyl (C=O) groups excluding carboxylic acids is 1. The zero-order valence-corrected chi connectivity index (χ0v) is 19.3. The highest BCUT2D eigenvalue weighted by Crippen LogP contribution is 2.26. The molecular weight excluding hydrogens is 476 g/mol. The van der Waals surface area contributed by atoms with Gasteiger partial charge in [0.2, 0.25) is 0 Å². The summed E-state index contributed by atoms with van der Waals surface area (Å²) in [6, 6.07) is 15.1. The minimum atomic E-state index is -0.777. The number of nitrogens with one attached hydrogen (secondary N) is 1. The van der Waals surface area contributed by atoms with Crippen molar-refractivity contribution in [1.29, 1.82) is 0 Å². The number of aromatic nitrogens is 1. The van der Waals surface area contributed by atoms with E-state index in [1.807, 2.05) is 30.5 Å². The molecule has 1 heterocycles. The Balaban J connectivity index is 1.54. The second-order valence-electron chi connectivity index (χ2n) is 8.23. The van der Waals surface area contributed by atoms with Crippen molar-refractivity contribution in [3.8, 4) is 0 Å². The fourth-order valence-corrected chi connectivity index (χ4v) is 4.51. The molecule has 4 nitrogen and oxygen atoms in total. The molecule has 1 aliphatic carbocycles. The van der Waals surface area contributed by atoms with Gasteiger partial charge in [-0.15, -0.1) is 0 Å². The molecule has 0 unspecified atom stereocenters. The van der Waals surface area contributed by atoms with Crippen molar-refractivity contribution in [3.63, 3.8) is 0 Å². The molecule has 2 amide bonds. The molecule has 2 aromatic carbocycles. The van der Waals surface area contributed by atoms with Crippen LogP contribution < -0.4 is 5.32 Å². The summed E-state index contributed by atoms with van der Waals surface area (Å²) in [5, 5.41) is 2.65. The standard InChI is InChI=1S/C25H26BrF2N3O/c26-19-10-8-18(9-11-19)16-30-14-4-7-22(30)17-31(21-5-2-1-3-6-21)25(32)29-24-13-12-20(27)15-23(24)28/h4,7-15,21H,1-3,5-6,16-17H2,(H,29,32). The highest BCUT2D eigenvalue weighted by atomic mass is 79.9. The maximum absolute atomic E-state index is 14.1. The van der Waals surface area contributed by atoms with E-state index < -0.39 is 11.6 Å². The molecule has 3 aromatic rings. The van der Waals surface area contributed by atoms with E-state index in [9.17, 15) is 13.6 Å². The van der Waals surface area contributed by atoms with E-state index in [2.05, 4.69) is 37.9 Å². The predicted molar refractivity (Wildman–Crippen MR) is 125 cm³/mol. The van der Waals surface area contributed by atoms with Crippen molar-refractivity contribution in [1.82, 2.24) is 9.47 Å². The van der Waals surface area contributed by atoms with Gasteiger partial charge in [-0.3, -0.25) is 0 Å². The fraction of sp³-hybridized carbons (Fsp3) is 0.320. The average molecular weight is 502 g/mol. The van der Waals surface area contributed by atoms with Crippen LogP contribution in [0.25, 0.3) is 0 Å². The molecule has 1 aromatic heterocycles. The Kier molecular flexibility index (Phi) is 7.25. The SMILES string of the molecule is O=C(Nc1ccc(F)cc1F)N(Cc1cccn1Cc1ccc(Br)cc1)C1CCCCC1. The molecule has 0 spiro atoms. The van der Waals surface area contributed by atoms with Crippen LogP contribution in [0.5, 0.6) is 0 Å². The molecule has 1 fully saturated rings. The van der Waals surface area contributed by atoms with Gasteiger partial charge < -0.3 is 14.8 Å². The molecule has 0 radical (unpaired) electrons. The quantitative estimate of drug-likeness (QED) is 0.390. The van der Waals surface area contributed by atoms with Crippen molar-refractivity contribution in [2.24, 2.45) is 0 Å². The lowest BCUT2D eigenvalue weighted by Gasteiger charge is -2.34. The second kappa shape index (κ2) is 10.3. The Hall–Kier alpha value is -2.67. The Morgan fingerprint density at radius 3 is 2.53 bits per heavy atom. The van der Waals surface area contributed by atoms with E-state index >= 15 is 0 Å². The van der Waals surface area contributed by atoms with Crippen molar-refractivity contribution in [2.75, 3.05) is 5.32 Å². The van der Waals surface area contributed by atoms with Crippen LogP contribution >= 0.6 is 15.9 Å². The van der Waals surface area contributed by atoms with Crippen molar-refractivity contribution in [3.05, 3.63) is 88.2 Å². The van der Waals surface area contributed by atoms with E-state index in [1.165, 1.54) is 12.5 Å². The summed E-state index contributed by atoms with van der Waals surface area (Å²) in [6.07, 6.45) is 7.16. The minimum Gasteiger partial charge on any atom is -0.345 e. The lowest BCUT2D eigenvalue weighted by Crippen LogP contribution is -2.43. The Labute approximate surface area is 195 Å². The lowest BCUT2D eigenvalue weighted by molar-refractivity contribution is 0.161. The monoisotopic (exact) mass is 501 g/mol. The first-order valence-electron chi connectivity index (χ1n) is 10.9. The van der Waals surface area contributed by atoms with Gasteiger partial charge in [-0.25, -0.2) is 13.6 Å². The van der Waals surface area contributed by atoms with Crippen LogP contribution in [0.4, 0.5) is 19.3 Å². The maximum atomic E-state index is 14.1. The molecular formula is C25H26BrF2N3O. The molecule has 0 saturated heterocycles. The number of anilines is 1. The average Bonchev–Trinajstić information content (AvgIpc) is 3.22. The molecule has 0 aliphatic heterocycles. The smallest absolute Gasteiger partial charge is 0.322 e. The third-order valence-corrected chi connectivity index (χ3v) is 6.50. The van der Waals surface area contributed by atoms with Crippen molar-refractivity contribution < 1.29 is 13.6 Å². The van der Waals surface area contributed by atoms with E-state index in [-0.39, 0.29) is 17.8 Å². The number of amides is 2. The molecule has 1 saturated carbocycles. The topological polar surface area (TPSA) is 37.3 Å². The Morgan fingerprint density at radius 2 is 1.81 bits per heavy atom. The molecule has 0 bridgehead atoms. The van der Waals surface area contributed by atoms with Crippen LogP contribution in [-0.4, -0.2) is 21.5 Å². The summed E-state index contributed by atoms with van der Waals surface area (Å²) in [7, 11) is 0. The molecule has 0 atom stereocenters. The fourth-order valence-electron chi connectivity index (χ4n) is 4.25. The number of urea groups is 1. The summed E-state index contributed by atoms with van der Waals surface area (Å²) >= 11 is 3.46. The molecule has 7 heteroatoms. The van der Waals surface area contributed by atoms with Gasteiger partial charge >= 0.3 is 6.03 Å². The maximum Gasteiger partial charge on any atom is 0.322 e. The van der Waals surface area contributed by atoms with Gasteiger partial charge in [0.05, 0.1) is 12.2 Å². The zero-order chi connectivity index (χ0) is 22.5. The predicted octanol–water partition coefficient (Wildman–Crippen LogP) is 6.94. The normalized spacial score (nSPS) is 14.3. The van der Waals surface area contributed by atoms with Crippen LogP contribution in [0, 0.1) is 11.6 Å². The molecule has 4 rings (SSSR count). The van der Waals surface area contributed by atoms with Gasteiger partial charge in [-0.05, 0) is 54.8 Å². The first-order valence-corrected chi connectivity index (χ1v) is 11.7. The first kappa shape index (κ1) is 22.5. The summed E-state index contributed by atoms with van der Waals surface area (Å²) in [5.41, 5.74) is 2.16. The van der Waals surface area contributed by atoms with Gasteiger partial charge in [-0.1, -0.05) is 47.3 Å². The van der Waals surface area contributed by atoms with Crippen LogP contribution in [-0.2, 0) is 13.1 Å². The number of benzene rings is 2. The van der Waals surface area contributed by atoms with Gasteiger partial charge in [-0.2, -0.15) is 0 Å². The first-order chi connectivity index (χ1) is 15.5. The summed E-state index contributed by atoms with van der Waals surface area (Å²) < 4.78 is 30.6. The number of hydrogen-bond donors (Lipinski definition) is 1. The van der Waals surface area contributed by atoms with Crippen molar-refractivity contribution in [2.45, 2.75) is 51.2 Å². The number of rotatable bonds is 6. The van der Waals surface area contributed by atoms with E-state index in [0.717, 1.165) is 53.5 Å². The third-order valence-electron chi connectivity index (χ3n) is 5.97. The third kappa shape index (κ3) is 5.57. The Morgan fingerprint density at radius 1 is 1.06 bits per heavy atom. The second-order valence-corrected chi connectivity index (χ2v) is 9.14. The van der Waals surface area contributed by atoms with Gasteiger partial charge in [0.25, 0.3) is 0 Å². The summed E-state index contributed by atoms with van der Waals surface area (Å²) in [6.45, 7) is 1.12. The van der Waals surface area contributed by atoms with Crippen LogP contribution in [0.1, 0.15) is 43.4 Å². The number of hydrogen-bond acceptors (Lipinski definition) is 1. The van der Waals surface area contributed by atoms with Gasteiger partial charge in [0.15, 0.2) is 0 Å². The van der Waals surface area contributed by atoms with Crippen LogP contribution in [0.3, 0.4) is 0 Å². The molecule has 168 valence electrons.